The van der Waals surface area contributed by atoms with E-state index in [4.69, 9.17) is 11.6 Å². The SMILES string of the molecule is Oc1c(Br)cc(Cl)cc1/C=N/c1ccc2[nH]nnc2c1. The number of nitrogens with zero attached hydrogens (tertiary/aromatic N) is 3. The van der Waals surface area contributed by atoms with E-state index in [1.165, 1.54) is 0 Å². The Morgan fingerprint density at radius 3 is 3.00 bits per heavy atom. The Morgan fingerprint density at radius 1 is 1.30 bits per heavy atom. The highest BCUT2D eigenvalue weighted by Crippen LogP contribution is 2.30. The number of benzene rings is 2. The van der Waals surface area contributed by atoms with Crippen LogP contribution in [0.15, 0.2) is 39.8 Å². The Balaban J connectivity index is 1.97. The molecule has 0 saturated heterocycles. The molecular formula is C13H8BrClN4O. The van der Waals surface area contributed by atoms with E-state index in [9.17, 15) is 5.11 Å². The summed E-state index contributed by atoms with van der Waals surface area (Å²) >= 11 is 9.17. The second-order valence-corrected chi connectivity index (χ2v) is 5.39. The number of nitrogens with one attached hydrogen (secondary N) is 1. The van der Waals surface area contributed by atoms with Crippen molar-refractivity contribution < 1.29 is 5.11 Å². The lowest BCUT2D eigenvalue weighted by molar-refractivity contribution is 0.471. The number of aromatic amines is 1. The maximum absolute atomic E-state index is 9.91. The number of rotatable bonds is 2. The van der Waals surface area contributed by atoms with Crippen molar-refractivity contribution in [2.45, 2.75) is 0 Å². The van der Waals surface area contributed by atoms with Gasteiger partial charge in [-0.1, -0.05) is 16.8 Å². The summed E-state index contributed by atoms with van der Waals surface area (Å²) in [5.41, 5.74) is 2.82. The minimum atomic E-state index is 0.0978. The van der Waals surface area contributed by atoms with Gasteiger partial charge in [-0.3, -0.25) is 10.1 Å². The molecule has 2 aromatic carbocycles. The van der Waals surface area contributed by atoms with Gasteiger partial charge in [-0.25, -0.2) is 0 Å². The topological polar surface area (TPSA) is 74.2 Å². The summed E-state index contributed by atoms with van der Waals surface area (Å²) < 4.78 is 0.526. The Bertz CT molecular complexity index is 815. The molecule has 5 nitrogen and oxygen atoms in total. The highest BCUT2D eigenvalue weighted by molar-refractivity contribution is 9.10. The fourth-order valence-corrected chi connectivity index (χ4v) is 2.57. The zero-order valence-electron chi connectivity index (χ0n) is 10.0. The molecule has 7 heteroatoms. The quantitative estimate of drug-likeness (QED) is 0.689. The van der Waals surface area contributed by atoms with E-state index in [0.29, 0.717) is 20.7 Å². The summed E-state index contributed by atoms with van der Waals surface area (Å²) in [6.45, 7) is 0. The average molecular weight is 352 g/mol. The van der Waals surface area contributed by atoms with E-state index in [0.717, 1.165) is 11.0 Å². The molecule has 0 aliphatic heterocycles. The Hall–Kier alpha value is -1.92. The standard InChI is InChI=1S/C13H8BrClN4O/c14-10-4-8(15)3-7(13(10)20)6-16-9-1-2-11-12(5-9)18-19-17-11/h1-6,20H,(H,17,18,19)/b16-6+. The largest absolute Gasteiger partial charge is 0.506 e. The van der Waals surface area contributed by atoms with Crippen LogP contribution in [0.1, 0.15) is 5.56 Å². The molecular weight excluding hydrogens is 344 g/mol. The van der Waals surface area contributed by atoms with Crippen molar-refractivity contribution in [3.05, 3.63) is 45.4 Å². The van der Waals surface area contributed by atoms with Crippen LogP contribution in [0.4, 0.5) is 5.69 Å². The molecule has 3 rings (SSSR count). The number of halogens is 2. The van der Waals surface area contributed by atoms with Gasteiger partial charge in [0.15, 0.2) is 0 Å². The first-order chi connectivity index (χ1) is 9.63. The summed E-state index contributed by atoms with van der Waals surface area (Å²) in [5.74, 6) is 0.0978. The fourth-order valence-electron chi connectivity index (χ4n) is 1.74. The third kappa shape index (κ3) is 2.52. The first-order valence-electron chi connectivity index (χ1n) is 5.66. The Labute approximate surface area is 127 Å². The number of phenolic OH excluding ortho intramolecular Hbond substituents is 1. The number of aromatic nitrogens is 3. The predicted octanol–water partition coefficient (Wildman–Crippen LogP) is 3.83. The zero-order valence-corrected chi connectivity index (χ0v) is 12.4. The van der Waals surface area contributed by atoms with Crippen molar-refractivity contribution in [1.29, 1.82) is 0 Å². The molecule has 0 fully saturated rings. The summed E-state index contributed by atoms with van der Waals surface area (Å²) in [7, 11) is 0. The van der Waals surface area contributed by atoms with Gasteiger partial charge in [-0.15, -0.1) is 5.10 Å². The third-order valence-corrected chi connectivity index (χ3v) is 3.54. The van der Waals surface area contributed by atoms with Crippen LogP contribution in [-0.4, -0.2) is 26.7 Å². The maximum Gasteiger partial charge on any atom is 0.138 e. The second kappa shape index (κ2) is 5.22. The van der Waals surface area contributed by atoms with Gasteiger partial charge in [0.05, 0.1) is 15.7 Å². The van der Waals surface area contributed by atoms with Crippen molar-refractivity contribution in [2.24, 2.45) is 4.99 Å². The van der Waals surface area contributed by atoms with Crippen LogP contribution in [-0.2, 0) is 0 Å². The molecule has 0 atom stereocenters. The number of phenols is 1. The van der Waals surface area contributed by atoms with Gasteiger partial charge in [0.2, 0.25) is 0 Å². The van der Waals surface area contributed by atoms with Crippen molar-refractivity contribution in [1.82, 2.24) is 15.4 Å². The molecule has 2 N–H and O–H groups in total. The van der Waals surface area contributed by atoms with Crippen molar-refractivity contribution in [3.63, 3.8) is 0 Å². The lowest BCUT2D eigenvalue weighted by Crippen LogP contribution is -1.84. The van der Waals surface area contributed by atoms with Crippen LogP contribution in [0.5, 0.6) is 5.75 Å². The minimum absolute atomic E-state index is 0.0978. The first-order valence-corrected chi connectivity index (χ1v) is 6.83. The molecule has 0 saturated carbocycles. The maximum atomic E-state index is 9.91. The van der Waals surface area contributed by atoms with Crippen LogP contribution in [0.3, 0.4) is 0 Å². The number of H-pyrrole nitrogens is 1. The average Bonchev–Trinajstić information content (AvgIpc) is 2.88. The molecule has 0 aliphatic carbocycles. The molecule has 1 heterocycles. The summed E-state index contributed by atoms with van der Waals surface area (Å²) in [5, 5.41) is 20.8. The van der Waals surface area contributed by atoms with E-state index in [-0.39, 0.29) is 5.75 Å². The molecule has 20 heavy (non-hydrogen) atoms. The molecule has 100 valence electrons. The summed E-state index contributed by atoms with van der Waals surface area (Å²) in [6, 6.07) is 8.73. The summed E-state index contributed by atoms with van der Waals surface area (Å²) in [4.78, 5) is 4.30. The van der Waals surface area contributed by atoms with Crippen LogP contribution in [0, 0.1) is 0 Å². The lowest BCUT2D eigenvalue weighted by Gasteiger charge is -2.02. The fraction of sp³-hybridized carbons (Fsp3) is 0. The smallest absolute Gasteiger partial charge is 0.138 e. The van der Waals surface area contributed by atoms with Crippen molar-refractivity contribution in [2.75, 3.05) is 0 Å². The van der Waals surface area contributed by atoms with Crippen molar-refractivity contribution >= 4 is 50.5 Å². The second-order valence-electron chi connectivity index (χ2n) is 4.10. The van der Waals surface area contributed by atoms with Gasteiger partial charge in [0.1, 0.15) is 11.3 Å². The molecule has 0 aliphatic rings. The monoisotopic (exact) mass is 350 g/mol. The highest BCUT2D eigenvalue weighted by atomic mass is 79.9. The molecule has 0 unspecified atom stereocenters. The normalized spacial score (nSPS) is 11.5. The Kier molecular flexibility index (Phi) is 3.42. The molecule has 0 amide bonds. The number of hydrogen-bond donors (Lipinski definition) is 2. The number of aliphatic imine (C=N–C) groups is 1. The van der Waals surface area contributed by atoms with Crippen LogP contribution < -0.4 is 0 Å². The molecule has 1 aromatic heterocycles. The molecule has 0 spiro atoms. The highest BCUT2D eigenvalue weighted by Gasteiger charge is 2.05. The minimum Gasteiger partial charge on any atom is -0.506 e. The van der Waals surface area contributed by atoms with E-state index in [1.54, 1.807) is 24.4 Å². The number of aromatic hydroxyl groups is 1. The third-order valence-electron chi connectivity index (χ3n) is 2.72. The van der Waals surface area contributed by atoms with Gasteiger partial charge in [0.25, 0.3) is 0 Å². The predicted molar refractivity (Wildman–Crippen MR) is 82.0 cm³/mol. The van der Waals surface area contributed by atoms with Crippen LogP contribution in [0.2, 0.25) is 5.02 Å². The first kappa shape index (κ1) is 13.1. The van der Waals surface area contributed by atoms with E-state index in [1.807, 2.05) is 12.1 Å². The van der Waals surface area contributed by atoms with Crippen LogP contribution >= 0.6 is 27.5 Å². The van der Waals surface area contributed by atoms with Gasteiger partial charge >= 0.3 is 0 Å². The van der Waals surface area contributed by atoms with Crippen molar-refractivity contribution in [3.8, 4) is 5.75 Å². The Morgan fingerprint density at radius 2 is 2.15 bits per heavy atom. The van der Waals surface area contributed by atoms with E-state index < -0.39 is 0 Å². The number of fused-ring (bicyclic) bond motifs is 1. The van der Waals surface area contributed by atoms with E-state index >= 15 is 0 Å². The van der Waals surface area contributed by atoms with E-state index in [2.05, 4.69) is 36.3 Å². The molecule has 0 bridgehead atoms. The van der Waals surface area contributed by atoms with Gasteiger partial charge in [-0.2, -0.15) is 0 Å². The van der Waals surface area contributed by atoms with Gasteiger partial charge < -0.3 is 5.11 Å². The lowest BCUT2D eigenvalue weighted by atomic mass is 10.2. The zero-order chi connectivity index (χ0) is 14.1. The van der Waals surface area contributed by atoms with Gasteiger partial charge in [0, 0.05) is 16.8 Å². The number of hydrogen-bond acceptors (Lipinski definition) is 4. The van der Waals surface area contributed by atoms with Gasteiger partial charge in [-0.05, 0) is 46.3 Å². The molecule has 0 radical (unpaired) electrons. The van der Waals surface area contributed by atoms with Crippen LogP contribution in [0.25, 0.3) is 11.0 Å². The summed E-state index contributed by atoms with van der Waals surface area (Å²) in [6.07, 6.45) is 1.55. The molecule has 3 aromatic rings.